The fourth-order valence-corrected chi connectivity index (χ4v) is 4.46. The SMILES string of the molecule is CC1=C[C@H](c2ccccc2)n2nc(N3C(=O)[C@@H]4CCCC[C@H]4C3=O)nc2N1. The van der Waals surface area contributed by atoms with Crippen LogP contribution in [-0.4, -0.2) is 26.6 Å². The number of imide groups is 1. The Hall–Kier alpha value is -2.96. The van der Waals surface area contributed by atoms with Crippen molar-refractivity contribution in [3.05, 3.63) is 47.7 Å². The molecule has 0 unspecified atom stereocenters. The highest BCUT2D eigenvalue weighted by atomic mass is 16.2. The maximum absolute atomic E-state index is 12.9. The number of aromatic nitrogens is 3. The smallest absolute Gasteiger partial charge is 0.260 e. The molecule has 0 spiro atoms. The monoisotopic (exact) mass is 363 g/mol. The molecule has 0 radical (unpaired) electrons. The van der Waals surface area contributed by atoms with Crippen molar-refractivity contribution in [2.24, 2.45) is 11.8 Å². The maximum atomic E-state index is 12.9. The number of amides is 2. The Morgan fingerprint density at radius 2 is 1.70 bits per heavy atom. The molecule has 1 aromatic carbocycles. The van der Waals surface area contributed by atoms with Gasteiger partial charge in [-0.1, -0.05) is 43.2 Å². The Balaban J connectivity index is 1.54. The predicted molar refractivity (Wildman–Crippen MR) is 99.9 cm³/mol. The number of carbonyl (C=O) groups is 2. The van der Waals surface area contributed by atoms with Crippen molar-refractivity contribution in [3.8, 4) is 0 Å². The summed E-state index contributed by atoms with van der Waals surface area (Å²) in [7, 11) is 0. The summed E-state index contributed by atoms with van der Waals surface area (Å²) in [5.74, 6) is 0.0384. The minimum Gasteiger partial charge on any atom is -0.329 e. The molecule has 2 aromatic rings. The molecule has 1 N–H and O–H groups in total. The minimum atomic E-state index is -0.204. The lowest BCUT2D eigenvalue weighted by Gasteiger charge is -2.22. The Labute approximate surface area is 157 Å². The van der Waals surface area contributed by atoms with Crippen molar-refractivity contribution >= 4 is 23.7 Å². The number of carbonyl (C=O) groups excluding carboxylic acids is 2. The first-order chi connectivity index (χ1) is 13.1. The summed E-state index contributed by atoms with van der Waals surface area (Å²) in [6.45, 7) is 1.97. The number of fused-ring (bicyclic) bond motifs is 2. The first-order valence-corrected chi connectivity index (χ1v) is 9.48. The first kappa shape index (κ1) is 16.2. The fraction of sp³-hybridized carbons (Fsp3) is 0.400. The summed E-state index contributed by atoms with van der Waals surface area (Å²) in [4.78, 5) is 31.4. The largest absolute Gasteiger partial charge is 0.329 e. The van der Waals surface area contributed by atoms with Gasteiger partial charge in [0.1, 0.15) is 6.04 Å². The molecule has 7 heteroatoms. The van der Waals surface area contributed by atoms with Gasteiger partial charge >= 0.3 is 0 Å². The number of anilines is 2. The van der Waals surface area contributed by atoms with Crippen LogP contribution >= 0.6 is 0 Å². The van der Waals surface area contributed by atoms with E-state index in [4.69, 9.17) is 0 Å². The van der Waals surface area contributed by atoms with E-state index in [1.165, 1.54) is 4.90 Å². The topological polar surface area (TPSA) is 80.1 Å². The van der Waals surface area contributed by atoms with Gasteiger partial charge in [0.15, 0.2) is 0 Å². The third kappa shape index (κ3) is 2.49. The number of allylic oxidation sites excluding steroid dienone is 2. The summed E-state index contributed by atoms with van der Waals surface area (Å²) in [6, 6.07) is 9.88. The molecule has 2 aliphatic heterocycles. The number of hydrogen-bond donors (Lipinski definition) is 1. The highest BCUT2D eigenvalue weighted by Gasteiger charge is 2.50. The minimum absolute atomic E-state index is 0.126. The van der Waals surface area contributed by atoms with E-state index in [0.29, 0.717) is 5.95 Å². The van der Waals surface area contributed by atoms with E-state index >= 15 is 0 Å². The van der Waals surface area contributed by atoms with Crippen molar-refractivity contribution in [2.75, 3.05) is 10.2 Å². The van der Waals surface area contributed by atoms with Crippen LogP contribution in [0.3, 0.4) is 0 Å². The van der Waals surface area contributed by atoms with Gasteiger partial charge in [-0.05, 0) is 31.4 Å². The molecule has 1 saturated carbocycles. The Bertz CT molecular complexity index is 925. The van der Waals surface area contributed by atoms with Crippen LogP contribution in [0.25, 0.3) is 0 Å². The molecular formula is C20H21N5O2. The third-order valence-electron chi connectivity index (χ3n) is 5.78. The zero-order valence-electron chi connectivity index (χ0n) is 15.1. The third-order valence-corrected chi connectivity index (χ3v) is 5.78. The quantitative estimate of drug-likeness (QED) is 0.830. The molecule has 3 atom stereocenters. The lowest BCUT2D eigenvalue weighted by Crippen LogP contribution is -2.32. The second kappa shape index (κ2) is 6.04. The molecule has 138 valence electrons. The Morgan fingerprint density at radius 1 is 1.04 bits per heavy atom. The van der Waals surface area contributed by atoms with Crippen molar-refractivity contribution in [1.29, 1.82) is 0 Å². The Morgan fingerprint density at radius 3 is 2.37 bits per heavy atom. The summed E-state index contributed by atoms with van der Waals surface area (Å²) >= 11 is 0. The van der Waals surface area contributed by atoms with E-state index < -0.39 is 0 Å². The van der Waals surface area contributed by atoms with Gasteiger partial charge < -0.3 is 5.32 Å². The molecule has 7 nitrogen and oxygen atoms in total. The molecule has 5 rings (SSSR count). The molecule has 0 bridgehead atoms. The number of nitrogens with one attached hydrogen (secondary N) is 1. The van der Waals surface area contributed by atoms with Crippen LogP contribution in [0.1, 0.15) is 44.2 Å². The van der Waals surface area contributed by atoms with E-state index in [0.717, 1.165) is 36.9 Å². The van der Waals surface area contributed by atoms with Gasteiger partial charge in [-0.25, -0.2) is 9.58 Å². The first-order valence-electron chi connectivity index (χ1n) is 9.48. The molecule has 1 saturated heterocycles. The van der Waals surface area contributed by atoms with Gasteiger partial charge in [0.25, 0.3) is 5.95 Å². The zero-order valence-corrected chi connectivity index (χ0v) is 15.1. The van der Waals surface area contributed by atoms with E-state index in [9.17, 15) is 9.59 Å². The van der Waals surface area contributed by atoms with Crippen molar-refractivity contribution in [2.45, 2.75) is 38.6 Å². The molecule has 2 amide bonds. The van der Waals surface area contributed by atoms with E-state index in [1.807, 2.05) is 37.3 Å². The van der Waals surface area contributed by atoms with Crippen LogP contribution < -0.4 is 10.2 Å². The molecule has 27 heavy (non-hydrogen) atoms. The van der Waals surface area contributed by atoms with Crippen LogP contribution in [0.5, 0.6) is 0 Å². The van der Waals surface area contributed by atoms with Crippen LogP contribution in [0.4, 0.5) is 11.9 Å². The summed E-state index contributed by atoms with van der Waals surface area (Å²) < 4.78 is 1.75. The molecule has 3 aliphatic rings. The van der Waals surface area contributed by atoms with Gasteiger partial charge in [0, 0.05) is 5.70 Å². The number of nitrogens with zero attached hydrogens (tertiary/aromatic N) is 4. The van der Waals surface area contributed by atoms with Crippen molar-refractivity contribution in [1.82, 2.24) is 14.8 Å². The zero-order chi connectivity index (χ0) is 18.5. The van der Waals surface area contributed by atoms with Crippen LogP contribution in [0, 0.1) is 11.8 Å². The van der Waals surface area contributed by atoms with Gasteiger partial charge in [0.2, 0.25) is 17.8 Å². The number of benzene rings is 1. The highest BCUT2D eigenvalue weighted by molar-refractivity contribution is 6.21. The molecule has 3 heterocycles. The fourth-order valence-electron chi connectivity index (χ4n) is 4.46. The molecule has 1 aliphatic carbocycles. The van der Waals surface area contributed by atoms with Crippen molar-refractivity contribution < 1.29 is 9.59 Å². The summed E-state index contributed by atoms with van der Waals surface area (Å²) in [5, 5.41) is 7.76. The maximum Gasteiger partial charge on any atom is 0.260 e. The van der Waals surface area contributed by atoms with E-state index in [2.05, 4.69) is 21.5 Å². The summed E-state index contributed by atoms with van der Waals surface area (Å²) in [6.07, 6.45) is 5.63. The number of hydrogen-bond acceptors (Lipinski definition) is 5. The van der Waals surface area contributed by atoms with Crippen LogP contribution in [0.15, 0.2) is 42.1 Å². The second-order valence-electron chi connectivity index (χ2n) is 7.52. The molecule has 1 aromatic heterocycles. The Kier molecular flexibility index (Phi) is 3.63. The van der Waals surface area contributed by atoms with Gasteiger partial charge in [-0.15, -0.1) is 5.10 Å². The molecular weight excluding hydrogens is 342 g/mol. The average Bonchev–Trinajstić information content (AvgIpc) is 3.21. The van der Waals surface area contributed by atoms with Crippen LogP contribution in [0.2, 0.25) is 0 Å². The second-order valence-corrected chi connectivity index (χ2v) is 7.52. The van der Waals surface area contributed by atoms with Crippen molar-refractivity contribution in [3.63, 3.8) is 0 Å². The molecule has 2 fully saturated rings. The lowest BCUT2D eigenvalue weighted by atomic mass is 9.81. The summed E-state index contributed by atoms with van der Waals surface area (Å²) in [5.41, 5.74) is 2.03. The predicted octanol–water partition coefficient (Wildman–Crippen LogP) is 2.88. The van der Waals surface area contributed by atoms with E-state index in [1.54, 1.807) is 4.68 Å². The average molecular weight is 363 g/mol. The standard InChI is InChI=1S/C20H21N5O2/c1-12-11-16(13-7-3-2-4-8-13)25-19(21-12)22-20(23-25)24-17(26)14-9-5-6-10-15(14)18(24)27/h2-4,7-8,11,14-16H,5-6,9-10H2,1H3,(H,21,22,23)/t14-,15-,16-/m1/s1. The van der Waals surface area contributed by atoms with E-state index in [-0.39, 0.29) is 35.6 Å². The number of rotatable bonds is 2. The van der Waals surface area contributed by atoms with Crippen LogP contribution in [-0.2, 0) is 9.59 Å². The van der Waals surface area contributed by atoms with Gasteiger partial charge in [0.05, 0.1) is 11.8 Å². The lowest BCUT2D eigenvalue weighted by molar-refractivity contribution is -0.122. The van der Waals surface area contributed by atoms with Gasteiger partial charge in [-0.2, -0.15) is 4.98 Å². The van der Waals surface area contributed by atoms with Gasteiger partial charge in [-0.3, -0.25) is 9.59 Å². The normalized spacial score (nSPS) is 27.1. The highest BCUT2D eigenvalue weighted by Crippen LogP contribution is 2.40.